The van der Waals surface area contributed by atoms with Gasteiger partial charge in [0, 0.05) is 24.6 Å². The van der Waals surface area contributed by atoms with Gasteiger partial charge in [0.2, 0.25) is 5.91 Å². The molecule has 0 bridgehead atoms. The fraction of sp³-hybridized carbons (Fsp3) is 0.467. The highest BCUT2D eigenvalue weighted by Gasteiger charge is 2.28. The molecule has 1 aliphatic heterocycles. The van der Waals surface area contributed by atoms with Gasteiger partial charge in [-0.05, 0) is 19.8 Å². The van der Waals surface area contributed by atoms with E-state index in [0.29, 0.717) is 13.1 Å². The van der Waals surface area contributed by atoms with E-state index < -0.39 is 6.04 Å². The highest BCUT2D eigenvalue weighted by Crippen LogP contribution is 2.22. The highest BCUT2D eigenvalue weighted by molar-refractivity contribution is 5.98. The van der Waals surface area contributed by atoms with Crippen LogP contribution in [0.4, 0.5) is 0 Å². The van der Waals surface area contributed by atoms with Crippen LogP contribution in [-0.4, -0.2) is 35.7 Å². The van der Waals surface area contributed by atoms with Gasteiger partial charge in [0.05, 0.1) is 6.04 Å². The third-order valence-corrected chi connectivity index (χ3v) is 3.63. The van der Waals surface area contributed by atoms with Crippen LogP contribution < -0.4 is 5.73 Å². The predicted octanol–water partition coefficient (Wildman–Crippen LogP) is 1.88. The van der Waals surface area contributed by atoms with Crippen LogP contribution in [0.1, 0.15) is 30.1 Å². The molecule has 0 aromatic heterocycles. The number of piperidine rings is 1. The molecular weight excluding hydrogens is 276 g/mol. The van der Waals surface area contributed by atoms with Gasteiger partial charge in [0.15, 0.2) is 5.78 Å². The Balaban J connectivity index is 0.00000200. The van der Waals surface area contributed by atoms with Crippen LogP contribution in [0.25, 0.3) is 0 Å². The first-order valence-corrected chi connectivity index (χ1v) is 6.73. The molecule has 0 radical (unpaired) electrons. The van der Waals surface area contributed by atoms with E-state index in [4.69, 9.17) is 5.73 Å². The summed E-state index contributed by atoms with van der Waals surface area (Å²) >= 11 is 0. The molecule has 4 nitrogen and oxygen atoms in total. The summed E-state index contributed by atoms with van der Waals surface area (Å²) < 4.78 is 0. The van der Waals surface area contributed by atoms with Crippen LogP contribution in [-0.2, 0) is 4.79 Å². The maximum atomic E-state index is 12.3. The monoisotopic (exact) mass is 296 g/mol. The lowest BCUT2D eigenvalue weighted by Gasteiger charge is -2.32. The van der Waals surface area contributed by atoms with Gasteiger partial charge < -0.3 is 10.6 Å². The molecule has 1 atom stereocenters. The Hall–Kier alpha value is -1.39. The molecule has 1 aromatic carbocycles. The normalized spacial score (nSPS) is 17.2. The van der Waals surface area contributed by atoms with Gasteiger partial charge in [-0.2, -0.15) is 0 Å². The standard InChI is InChI=1S/C15H20N2O2.ClH/c1-11(16)15(19)17-9-7-13(8-10-17)14(18)12-5-3-2-4-6-12;/h2-6,11,13H,7-10,16H2,1H3;1H/t11-;/m1./s1. The van der Waals surface area contributed by atoms with E-state index in [1.165, 1.54) is 0 Å². The number of hydrogen-bond acceptors (Lipinski definition) is 3. The Morgan fingerprint density at radius 1 is 1.20 bits per heavy atom. The zero-order valence-corrected chi connectivity index (χ0v) is 12.4. The minimum atomic E-state index is -0.457. The van der Waals surface area contributed by atoms with Crippen molar-refractivity contribution >= 4 is 24.1 Å². The number of halogens is 1. The summed E-state index contributed by atoms with van der Waals surface area (Å²) in [6, 6.07) is 8.90. The molecule has 1 amide bonds. The van der Waals surface area contributed by atoms with E-state index in [9.17, 15) is 9.59 Å². The van der Waals surface area contributed by atoms with Gasteiger partial charge in [-0.3, -0.25) is 9.59 Å². The number of hydrogen-bond donors (Lipinski definition) is 1. The number of benzene rings is 1. The Labute approximate surface area is 125 Å². The SMILES string of the molecule is C[C@@H](N)C(=O)N1CCC(C(=O)c2ccccc2)CC1.Cl. The van der Waals surface area contributed by atoms with E-state index in [0.717, 1.165) is 18.4 Å². The number of carbonyl (C=O) groups is 2. The maximum Gasteiger partial charge on any atom is 0.239 e. The second-order valence-corrected chi connectivity index (χ2v) is 5.12. The van der Waals surface area contributed by atoms with Crippen molar-refractivity contribution in [3.05, 3.63) is 35.9 Å². The van der Waals surface area contributed by atoms with Crippen molar-refractivity contribution in [2.45, 2.75) is 25.8 Å². The molecule has 20 heavy (non-hydrogen) atoms. The average Bonchev–Trinajstić information content (AvgIpc) is 2.46. The topological polar surface area (TPSA) is 63.4 Å². The Morgan fingerprint density at radius 2 is 1.75 bits per heavy atom. The third-order valence-electron chi connectivity index (χ3n) is 3.63. The number of likely N-dealkylation sites (tertiary alicyclic amines) is 1. The Morgan fingerprint density at radius 3 is 2.25 bits per heavy atom. The van der Waals surface area contributed by atoms with Crippen LogP contribution in [0.5, 0.6) is 0 Å². The van der Waals surface area contributed by atoms with E-state index in [-0.39, 0.29) is 30.0 Å². The molecule has 2 rings (SSSR count). The van der Waals surface area contributed by atoms with Crippen molar-refractivity contribution < 1.29 is 9.59 Å². The molecule has 1 saturated heterocycles. The first kappa shape index (κ1) is 16.7. The van der Waals surface area contributed by atoms with E-state index in [1.807, 2.05) is 30.3 Å². The van der Waals surface area contributed by atoms with Crippen molar-refractivity contribution in [2.75, 3.05) is 13.1 Å². The van der Waals surface area contributed by atoms with Gasteiger partial charge in [0.1, 0.15) is 0 Å². The molecule has 2 N–H and O–H groups in total. The summed E-state index contributed by atoms with van der Waals surface area (Å²) in [6.45, 7) is 2.96. The molecule has 110 valence electrons. The van der Waals surface area contributed by atoms with Gasteiger partial charge in [-0.15, -0.1) is 12.4 Å². The molecule has 0 saturated carbocycles. The van der Waals surface area contributed by atoms with Crippen molar-refractivity contribution in [1.29, 1.82) is 0 Å². The summed E-state index contributed by atoms with van der Waals surface area (Å²) in [5.41, 5.74) is 6.36. The van der Waals surface area contributed by atoms with Crippen LogP contribution in [0, 0.1) is 5.92 Å². The number of amides is 1. The lowest BCUT2D eigenvalue weighted by Crippen LogP contribution is -2.46. The van der Waals surface area contributed by atoms with Crippen molar-refractivity contribution in [3.8, 4) is 0 Å². The van der Waals surface area contributed by atoms with Gasteiger partial charge >= 0.3 is 0 Å². The van der Waals surface area contributed by atoms with Crippen LogP contribution in [0.3, 0.4) is 0 Å². The summed E-state index contributed by atoms with van der Waals surface area (Å²) in [5.74, 6) is 0.193. The molecule has 1 aliphatic rings. The molecule has 1 aromatic rings. The smallest absolute Gasteiger partial charge is 0.239 e. The minimum Gasteiger partial charge on any atom is -0.341 e. The Bertz CT molecular complexity index is 454. The molecule has 0 aliphatic carbocycles. The fourth-order valence-corrected chi connectivity index (χ4v) is 2.49. The molecule has 0 spiro atoms. The summed E-state index contributed by atoms with van der Waals surface area (Å²) in [6.07, 6.45) is 1.46. The van der Waals surface area contributed by atoms with Crippen molar-refractivity contribution in [2.24, 2.45) is 11.7 Å². The van der Waals surface area contributed by atoms with Crippen LogP contribution in [0.2, 0.25) is 0 Å². The highest BCUT2D eigenvalue weighted by atomic mass is 35.5. The zero-order chi connectivity index (χ0) is 13.8. The minimum absolute atomic E-state index is 0. The fourth-order valence-electron chi connectivity index (χ4n) is 2.49. The molecule has 1 heterocycles. The summed E-state index contributed by atoms with van der Waals surface area (Å²) in [5, 5.41) is 0. The first-order chi connectivity index (χ1) is 9.09. The number of rotatable bonds is 3. The molecule has 1 fully saturated rings. The van der Waals surface area contributed by atoms with Crippen molar-refractivity contribution in [3.63, 3.8) is 0 Å². The zero-order valence-electron chi connectivity index (χ0n) is 11.6. The number of nitrogens with zero attached hydrogens (tertiary/aromatic N) is 1. The van der Waals surface area contributed by atoms with E-state index >= 15 is 0 Å². The van der Waals surface area contributed by atoms with Gasteiger partial charge in [-0.1, -0.05) is 30.3 Å². The lowest BCUT2D eigenvalue weighted by molar-refractivity contribution is -0.133. The largest absolute Gasteiger partial charge is 0.341 e. The lowest BCUT2D eigenvalue weighted by atomic mass is 9.89. The molecule has 5 heteroatoms. The summed E-state index contributed by atoms with van der Waals surface area (Å²) in [4.78, 5) is 25.8. The molecule has 0 unspecified atom stereocenters. The third kappa shape index (κ3) is 3.81. The second kappa shape index (κ2) is 7.41. The molecular formula is C15H21ClN2O2. The van der Waals surface area contributed by atoms with E-state index in [2.05, 4.69) is 0 Å². The predicted molar refractivity (Wildman–Crippen MR) is 81.0 cm³/mol. The maximum absolute atomic E-state index is 12.3. The van der Waals surface area contributed by atoms with Gasteiger partial charge in [-0.25, -0.2) is 0 Å². The van der Waals surface area contributed by atoms with Crippen LogP contribution >= 0.6 is 12.4 Å². The van der Waals surface area contributed by atoms with E-state index in [1.54, 1.807) is 11.8 Å². The number of nitrogens with two attached hydrogens (primary N) is 1. The quantitative estimate of drug-likeness (QED) is 0.866. The number of Topliss-reactive ketones (excluding diaryl/α,β-unsaturated/α-hetero) is 1. The second-order valence-electron chi connectivity index (χ2n) is 5.12. The number of carbonyl (C=O) groups excluding carboxylic acids is 2. The Kier molecular flexibility index (Phi) is 6.17. The summed E-state index contributed by atoms with van der Waals surface area (Å²) in [7, 11) is 0. The van der Waals surface area contributed by atoms with Crippen molar-refractivity contribution in [1.82, 2.24) is 4.90 Å². The average molecular weight is 297 g/mol. The first-order valence-electron chi connectivity index (χ1n) is 6.73. The van der Waals surface area contributed by atoms with Gasteiger partial charge in [0.25, 0.3) is 0 Å². The number of ketones is 1. The van der Waals surface area contributed by atoms with Crippen LogP contribution in [0.15, 0.2) is 30.3 Å².